The molecule has 4 aromatic rings. The van der Waals surface area contributed by atoms with Gasteiger partial charge < -0.3 is 25.5 Å². The number of fused-ring (bicyclic) bond motifs is 2. The molecule has 1 unspecified atom stereocenters. The second-order valence-corrected chi connectivity index (χ2v) is 10.7. The molecule has 1 aliphatic heterocycles. The van der Waals surface area contributed by atoms with E-state index in [-0.39, 0.29) is 35.3 Å². The first kappa shape index (κ1) is 27.4. The zero-order valence-corrected chi connectivity index (χ0v) is 23.0. The van der Waals surface area contributed by atoms with Crippen LogP contribution >= 0.6 is 11.6 Å². The number of benzene rings is 3. The van der Waals surface area contributed by atoms with Crippen molar-refractivity contribution < 1.29 is 23.8 Å². The SMILES string of the molecule is CNC(=O)c1ccc(-c2cc3c(c(C(=O)NC(CO)Cc4c[nH]c5cccc(F)c45)c2)OC(C)(C)C=C3)cc1Cl. The number of rotatable bonds is 7. The summed E-state index contributed by atoms with van der Waals surface area (Å²) in [4.78, 5) is 28.8. The van der Waals surface area contributed by atoms with Crippen molar-refractivity contribution >= 4 is 40.4 Å². The van der Waals surface area contributed by atoms with Crippen LogP contribution in [0.5, 0.6) is 5.75 Å². The second-order valence-electron chi connectivity index (χ2n) is 10.3. The highest BCUT2D eigenvalue weighted by molar-refractivity contribution is 6.34. The molecule has 1 aromatic heterocycles. The first-order valence-electron chi connectivity index (χ1n) is 12.8. The van der Waals surface area contributed by atoms with Gasteiger partial charge in [0.15, 0.2) is 0 Å². The van der Waals surface area contributed by atoms with E-state index in [1.165, 1.54) is 13.1 Å². The highest BCUT2D eigenvalue weighted by atomic mass is 35.5. The third kappa shape index (κ3) is 5.33. The fourth-order valence-electron chi connectivity index (χ4n) is 4.88. The minimum absolute atomic E-state index is 0.216. The molecule has 1 atom stereocenters. The van der Waals surface area contributed by atoms with E-state index in [9.17, 15) is 19.1 Å². The van der Waals surface area contributed by atoms with Crippen LogP contribution in [0.4, 0.5) is 4.39 Å². The van der Waals surface area contributed by atoms with Crippen LogP contribution in [0.25, 0.3) is 28.1 Å². The van der Waals surface area contributed by atoms with E-state index in [2.05, 4.69) is 15.6 Å². The van der Waals surface area contributed by atoms with Crippen LogP contribution in [0.1, 0.15) is 45.7 Å². The zero-order valence-electron chi connectivity index (χ0n) is 22.3. The van der Waals surface area contributed by atoms with Crippen LogP contribution in [0.2, 0.25) is 5.02 Å². The van der Waals surface area contributed by atoms with Crippen LogP contribution in [-0.2, 0) is 6.42 Å². The molecule has 2 amide bonds. The Labute approximate surface area is 236 Å². The summed E-state index contributed by atoms with van der Waals surface area (Å²) in [5, 5.41) is 16.3. The molecule has 0 spiro atoms. The second kappa shape index (κ2) is 10.8. The van der Waals surface area contributed by atoms with Gasteiger partial charge in [-0.1, -0.05) is 29.8 Å². The maximum absolute atomic E-state index is 14.5. The molecule has 40 heavy (non-hydrogen) atoms. The van der Waals surface area contributed by atoms with Gasteiger partial charge in [0.05, 0.1) is 28.8 Å². The first-order chi connectivity index (χ1) is 19.1. The summed E-state index contributed by atoms with van der Waals surface area (Å²) in [7, 11) is 1.53. The van der Waals surface area contributed by atoms with Gasteiger partial charge in [-0.15, -0.1) is 0 Å². The number of hydrogen-bond acceptors (Lipinski definition) is 4. The molecule has 7 nitrogen and oxygen atoms in total. The Morgan fingerprint density at radius 3 is 2.62 bits per heavy atom. The standard InChI is InChI=1S/C31H29ClFN3O4/c1-31(2)10-9-18-11-19(17-7-8-22(24(32)14-17)29(38)34-3)13-23(28(18)40-31)30(39)36-21(16-37)12-20-15-35-26-6-4-5-25(33)27(20)26/h4-11,13-15,21,35,37H,12,16H2,1-3H3,(H,34,38)(H,36,39). The summed E-state index contributed by atoms with van der Waals surface area (Å²) >= 11 is 6.41. The van der Waals surface area contributed by atoms with Gasteiger partial charge in [-0.05, 0) is 79.4 Å². The number of carbonyl (C=O) groups is 2. The molecule has 0 saturated heterocycles. The molecular weight excluding hydrogens is 533 g/mol. The number of ether oxygens (including phenoxy) is 1. The lowest BCUT2D eigenvalue weighted by molar-refractivity contribution is 0.0903. The number of aromatic amines is 1. The monoisotopic (exact) mass is 561 g/mol. The average molecular weight is 562 g/mol. The number of hydrogen-bond donors (Lipinski definition) is 4. The average Bonchev–Trinajstić information content (AvgIpc) is 3.35. The molecule has 5 rings (SSSR count). The molecule has 206 valence electrons. The molecule has 1 aliphatic rings. The third-order valence-corrected chi connectivity index (χ3v) is 7.24. The lowest BCUT2D eigenvalue weighted by Gasteiger charge is -2.30. The van der Waals surface area contributed by atoms with Gasteiger partial charge in [0.1, 0.15) is 17.2 Å². The third-order valence-electron chi connectivity index (χ3n) is 6.92. The molecule has 2 heterocycles. The van der Waals surface area contributed by atoms with Gasteiger partial charge in [0.2, 0.25) is 0 Å². The Kier molecular flexibility index (Phi) is 7.40. The van der Waals surface area contributed by atoms with Crippen molar-refractivity contribution in [2.45, 2.75) is 31.9 Å². The summed E-state index contributed by atoms with van der Waals surface area (Å²) in [6.07, 6.45) is 5.71. The van der Waals surface area contributed by atoms with Gasteiger partial charge in [0, 0.05) is 29.7 Å². The molecule has 3 aromatic carbocycles. The van der Waals surface area contributed by atoms with Crippen molar-refractivity contribution in [1.29, 1.82) is 0 Å². The molecule has 0 bridgehead atoms. The molecular formula is C31H29ClFN3O4. The first-order valence-corrected chi connectivity index (χ1v) is 13.2. The molecule has 4 N–H and O–H groups in total. The van der Waals surface area contributed by atoms with Crippen LogP contribution in [0, 0.1) is 5.82 Å². The summed E-state index contributed by atoms with van der Waals surface area (Å²) < 4.78 is 20.7. The number of aromatic nitrogens is 1. The number of carbonyl (C=O) groups excluding carboxylic acids is 2. The van der Waals surface area contributed by atoms with Crippen LogP contribution in [-0.4, -0.2) is 47.2 Å². The van der Waals surface area contributed by atoms with Crippen LogP contribution in [0.3, 0.4) is 0 Å². The van der Waals surface area contributed by atoms with Gasteiger partial charge in [0.25, 0.3) is 11.8 Å². The molecule has 0 saturated carbocycles. The fourth-order valence-corrected chi connectivity index (χ4v) is 5.15. The Bertz CT molecular complexity index is 1660. The highest BCUT2D eigenvalue weighted by Gasteiger charge is 2.28. The van der Waals surface area contributed by atoms with Crippen molar-refractivity contribution in [3.8, 4) is 16.9 Å². The van der Waals surface area contributed by atoms with E-state index < -0.39 is 17.6 Å². The van der Waals surface area contributed by atoms with Crippen LogP contribution < -0.4 is 15.4 Å². The van der Waals surface area contributed by atoms with E-state index in [4.69, 9.17) is 16.3 Å². The van der Waals surface area contributed by atoms with Gasteiger partial charge in [-0.25, -0.2) is 4.39 Å². The summed E-state index contributed by atoms with van der Waals surface area (Å²) in [5.74, 6) is -0.707. The minimum Gasteiger partial charge on any atom is -0.482 e. The number of halogens is 2. The van der Waals surface area contributed by atoms with Crippen LogP contribution in [0.15, 0.2) is 60.8 Å². The molecule has 0 fully saturated rings. The maximum atomic E-state index is 14.5. The van der Waals surface area contributed by atoms with E-state index >= 15 is 0 Å². The Morgan fingerprint density at radius 2 is 1.90 bits per heavy atom. The topological polar surface area (TPSA) is 103 Å². The smallest absolute Gasteiger partial charge is 0.255 e. The molecule has 0 radical (unpaired) electrons. The minimum atomic E-state index is -0.682. The van der Waals surface area contributed by atoms with Gasteiger partial charge in [-0.3, -0.25) is 9.59 Å². The van der Waals surface area contributed by atoms with E-state index in [0.29, 0.717) is 44.5 Å². The van der Waals surface area contributed by atoms with Crippen molar-refractivity contribution in [3.63, 3.8) is 0 Å². The number of aliphatic hydroxyl groups is 1. The molecule has 9 heteroatoms. The van der Waals surface area contributed by atoms with Gasteiger partial charge in [-0.2, -0.15) is 0 Å². The Morgan fingerprint density at radius 1 is 1.10 bits per heavy atom. The Balaban J connectivity index is 1.50. The zero-order chi connectivity index (χ0) is 28.6. The van der Waals surface area contributed by atoms with E-state index in [1.807, 2.05) is 32.1 Å². The highest BCUT2D eigenvalue weighted by Crippen LogP contribution is 2.38. The lowest BCUT2D eigenvalue weighted by atomic mass is 9.93. The van der Waals surface area contributed by atoms with E-state index in [1.54, 1.807) is 42.6 Å². The quantitative estimate of drug-likeness (QED) is 0.239. The number of amides is 2. The largest absolute Gasteiger partial charge is 0.482 e. The lowest BCUT2D eigenvalue weighted by Crippen LogP contribution is -2.40. The number of nitrogens with one attached hydrogen (secondary N) is 3. The van der Waals surface area contributed by atoms with Gasteiger partial charge >= 0.3 is 0 Å². The predicted octanol–water partition coefficient (Wildman–Crippen LogP) is 5.50. The van der Waals surface area contributed by atoms with Crippen molar-refractivity contribution in [1.82, 2.24) is 15.6 Å². The Hall–Kier alpha value is -4.14. The normalized spacial score (nSPS) is 14.3. The maximum Gasteiger partial charge on any atom is 0.255 e. The van der Waals surface area contributed by atoms with Crippen molar-refractivity contribution in [2.24, 2.45) is 0 Å². The summed E-state index contributed by atoms with van der Waals surface area (Å²) in [6, 6.07) is 12.8. The fraction of sp³-hybridized carbons (Fsp3) is 0.226. The van der Waals surface area contributed by atoms with Crippen molar-refractivity contribution in [3.05, 3.63) is 93.9 Å². The summed E-state index contributed by atoms with van der Waals surface area (Å²) in [6.45, 7) is 3.43. The number of aliphatic hydroxyl groups excluding tert-OH is 1. The van der Waals surface area contributed by atoms with E-state index in [0.717, 1.165) is 0 Å². The van der Waals surface area contributed by atoms with Crippen molar-refractivity contribution in [2.75, 3.05) is 13.7 Å². The predicted molar refractivity (Wildman–Crippen MR) is 154 cm³/mol. The molecule has 0 aliphatic carbocycles. The number of H-pyrrole nitrogens is 1. The summed E-state index contributed by atoms with van der Waals surface area (Å²) in [5.41, 5.74) is 3.38.